The van der Waals surface area contributed by atoms with Crippen LogP contribution in [-0.4, -0.2) is 28.7 Å². The number of hydrogen-bond acceptors (Lipinski definition) is 5. The first-order valence-electron chi connectivity index (χ1n) is 6.26. The van der Waals surface area contributed by atoms with Crippen molar-refractivity contribution < 1.29 is 14.3 Å². The summed E-state index contributed by atoms with van der Waals surface area (Å²) in [5.41, 5.74) is 0.729. The van der Waals surface area contributed by atoms with Crippen molar-refractivity contribution in [3.05, 3.63) is 34.5 Å². The molecule has 2 heterocycles. The molecule has 0 aromatic carbocycles. The molecular weight excluding hydrogens is 278 g/mol. The summed E-state index contributed by atoms with van der Waals surface area (Å²) in [5.74, 6) is -0.763. The first-order valence-corrected chi connectivity index (χ1v) is 7.07. The minimum Gasteiger partial charge on any atom is -0.462 e. The molecule has 2 aromatic heterocycles. The first-order chi connectivity index (χ1) is 9.65. The Morgan fingerprint density at radius 1 is 1.45 bits per heavy atom. The van der Waals surface area contributed by atoms with Gasteiger partial charge in [-0.25, -0.2) is 4.79 Å². The highest BCUT2D eigenvalue weighted by atomic mass is 32.1. The van der Waals surface area contributed by atoms with Gasteiger partial charge in [-0.2, -0.15) is 5.10 Å². The lowest BCUT2D eigenvalue weighted by Crippen LogP contribution is -2.14. The maximum Gasteiger partial charge on any atom is 0.341 e. The average molecular weight is 293 g/mol. The second kappa shape index (κ2) is 6.33. The summed E-state index contributed by atoms with van der Waals surface area (Å²) in [4.78, 5) is 24.9. The Morgan fingerprint density at radius 2 is 2.25 bits per heavy atom. The standard InChI is InChI=1S/C13H15N3O3S/c1-3-8-7-9(13(18)19-4-2)12(20-8)15-11(17)10-5-6-14-16-10/h5-7H,3-4H2,1-2H3,(H,14,16)(H,15,17). The van der Waals surface area contributed by atoms with E-state index in [9.17, 15) is 9.59 Å². The van der Waals surface area contributed by atoms with Gasteiger partial charge in [0.25, 0.3) is 5.91 Å². The summed E-state index contributed by atoms with van der Waals surface area (Å²) < 4.78 is 4.99. The van der Waals surface area contributed by atoms with Crippen LogP contribution in [0.2, 0.25) is 0 Å². The van der Waals surface area contributed by atoms with Crippen molar-refractivity contribution in [1.29, 1.82) is 0 Å². The molecule has 0 aliphatic heterocycles. The molecule has 0 radical (unpaired) electrons. The fourth-order valence-electron chi connectivity index (χ4n) is 1.62. The molecule has 0 aliphatic carbocycles. The number of anilines is 1. The van der Waals surface area contributed by atoms with Crippen LogP contribution in [0.25, 0.3) is 0 Å². The van der Waals surface area contributed by atoms with Crippen LogP contribution in [0.3, 0.4) is 0 Å². The second-order valence-corrected chi connectivity index (χ2v) is 5.09. The van der Waals surface area contributed by atoms with Crippen molar-refractivity contribution in [1.82, 2.24) is 10.2 Å². The first kappa shape index (κ1) is 14.3. The summed E-state index contributed by atoms with van der Waals surface area (Å²) in [5, 5.41) is 9.51. The predicted molar refractivity (Wildman–Crippen MR) is 76.2 cm³/mol. The largest absolute Gasteiger partial charge is 0.462 e. The molecule has 0 fully saturated rings. The van der Waals surface area contributed by atoms with Gasteiger partial charge in [0.05, 0.1) is 12.2 Å². The highest BCUT2D eigenvalue weighted by molar-refractivity contribution is 7.16. The minimum atomic E-state index is -0.427. The van der Waals surface area contributed by atoms with Crippen LogP contribution in [0.1, 0.15) is 39.6 Å². The molecule has 20 heavy (non-hydrogen) atoms. The third-order valence-electron chi connectivity index (χ3n) is 2.60. The smallest absolute Gasteiger partial charge is 0.341 e. The molecule has 7 heteroatoms. The zero-order chi connectivity index (χ0) is 14.5. The van der Waals surface area contributed by atoms with Gasteiger partial charge in [-0.3, -0.25) is 9.89 Å². The number of carbonyl (C=O) groups excluding carboxylic acids is 2. The van der Waals surface area contributed by atoms with Gasteiger partial charge in [-0.15, -0.1) is 11.3 Å². The molecule has 2 rings (SSSR count). The van der Waals surface area contributed by atoms with Crippen LogP contribution in [-0.2, 0) is 11.2 Å². The highest BCUT2D eigenvalue weighted by Crippen LogP contribution is 2.29. The third kappa shape index (κ3) is 3.05. The van der Waals surface area contributed by atoms with Gasteiger partial charge in [0, 0.05) is 11.1 Å². The molecule has 0 saturated heterocycles. The number of amides is 1. The van der Waals surface area contributed by atoms with E-state index in [1.165, 1.54) is 17.5 Å². The molecule has 0 unspecified atom stereocenters. The number of aromatic amines is 1. The molecule has 1 amide bonds. The molecule has 0 spiro atoms. The van der Waals surface area contributed by atoms with E-state index >= 15 is 0 Å². The lowest BCUT2D eigenvalue weighted by molar-refractivity contribution is 0.0528. The number of H-pyrrole nitrogens is 1. The van der Waals surface area contributed by atoms with Gasteiger partial charge in [0.2, 0.25) is 0 Å². The van der Waals surface area contributed by atoms with Crippen LogP contribution < -0.4 is 5.32 Å². The number of nitrogens with zero attached hydrogens (tertiary/aromatic N) is 1. The zero-order valence-electron chi connectivity index (χ0n) is 11.2. The van der Waals surface area contributed by atoms with Crippen LogP contribution in [0.5, 0.6) is 0 Å². The molecule has 0 saturated carbocycles. The van der Waals surface area contributed by atoms with Gasteiger partial charge < -0.3 is 10.1 Å². The van der Waals surface area contributed by atoms with Crippen molar-refractivity contribution in [2.24, 2.45) is 0 Å². The minimum absolute atomic E-state index is 0.296. The third-order valence-corrected chi connectivity index (χ3v) is 3.79. The number of rotatable bonds is 5. The van der Waals surface area contributed by atoms with E-state index in [4.69, 9.17) is 4.74 Å². The monoisotopic (exact) mass is 293 g/mol. The van der Waals surface area contributed by atoms with Crippen molar-refractivity contribution in [2.75, 3.05) is 11.9 Å². The Morgan fingerprint density at radius 3 is 2.85 bits per heavy atom. The fourth-order valence-corrected chi connectivity index (χ4v) is 2.60. The van der Waals surface area contributed by atoms with E-state index in [-0.39, 0.29) is 5.91 Å². The Hall–Kier alpha value is -2.15. The molecule has 6 nitrogen and oxygen atoms in total. The molecular formula is C13H15N3O3S. The van der Waals surface area contributed by atoms with E-state index in [2.05, 4.69) is 15.5 Å². The van der Waals surface area contributed by atoms with E-state index in [0.29, 0.717) is 22.9 Å². The normalized spacial score (nSPS) is 10.3. The van der Waals surface area contributed by atoms with E-state index in [0.717, 1.165) is 11.3 Å². The molecule has 106 valence electrons. The molecule has 0 aliphatic rings. The Balaban J connectivity index is 2.23. The topological polar surface area (TPSA) is 84.1 Å². The maximum absolute atomic E-state index is 12.0. The van der Waals surface area contributed by atoms with Crippen molar-refractivity contribution in [3.8, 4) is 0 Å². The summed E-state index contributed by atoms with van der Waals surface area (Å²) in [7, 11) is 0. The SMILES string of the molecule is CCOC(=O)c1cc(CC)sc1NC(=O)c1ccn[nH]1. The van der Waals surface area contributed by atoms with Crippen molar-refractivity contribution >= 4 is 28.2 Å². The maximum atomic E-state index is 12.0. The van der Waals surface area contributed by atoms with Gasteiger partial charge in [0.15, 0.2) is 0 Å². The Bertz CT molecular complexity index is 604. The van der Waals surface area contributed by atoms with E-state index in [1.54, 1.807) is 19.1 Å². The average Bonchev–Trinajstić information content (AvgIpc) is 3.08. The predicted octanol–water partition coefficient (Wildman–Crippen LogP) is 2.46. The highest BCUT2D eigenvalue weighted by Gasteiger charge is 2.19. The van der Waals surface area contributed by atoms with Crippen molar-refractivity contribution in [2.45, 2.75) is 20.3 Å². The molecule has 0 bridgehead atoms. The van der Waals surface area contributed by atoms with Crippen LogP contribution >= 0.6 is 11.3 Å². The molecule has 2 aromatic rings. The number of nitrogens with one attached hydrogen (secondary N) is 2. The van der Waals surface area contributed by atoms with E-state index in [1.807, 2.05) is 6.92 Å². The van der Waals surface area contributed by atoms with Crippen LogP contribution in [0.4, 0.5) is 5.00 Å². The fraction of sp³-hybridized carbons (Fsp3) is 0.308. The molecule has 0 atom stereocenters. The zero-order valence-corrected chi connectivity index (χ0v) is 12.0. The van der Waals surface area contributed by atoms with Crippen LogP contribution in [0, 0.1) is 0 Å². The summed E-state index contributed by atoms with van der Waals surface area (Å²) in [6.45, 7) is 4.03. The number of hydrogen-bond donors (Lipinski definition) is 2. The number of ether oxygens (including phenoxy) is 1. The lowest BCUT2D eigenvalue weighted by Gasteiger charge is -2.04. The number of thiophene rings is 1. The number of aromatic nitrogens is 2. The summed E-state index contributed by atoms with van der Waals surface area (Å²) in [6, 6.07) is 3.32. The summed E-state index contributed by atoms with van der Waals surface area (Å²) in [6.07, 6.45) is 2.28. The van der Waals surface area contributed by atoms with Crippen LogP contribution in [0.15, 0.2) is 18.3 Å². The van der Waals surface area contributed by atoms with E-state index < -0.39 is 5.97 Å². The quantitative estimate of drug-likeness (QED) is 0.829. The Labute approximate surface area is 120 Å². The number of carbonyl (C=O) groups is 2. The Kier molecular flexibility index (Phi) is 4.52. The van der Waals surface area contributed by atoms with Gasteiger partial charge in [-0.05, 0) is 25.5 Å². The number of aryl methyl sites for hydroxylation is 1. The van der Waals surface area contributed by atoms with Crippen molar-refractivity contribution in [3.63, 3.8) is 0 Å². The van der Waals surface area contributed by atoms with Gasteiger partial charge in [0.1, 0.15) is 10.7 Å². The van der Waals surface area contributed by atoms with Gasteiger partial charge >= 0.3 is 5.97 Å². The molecule has 2 N–H and O–H groups in total. The second-order valence-electron chi connectivity index (χ2n) is 3.95. The lowest BCUT2D eigenvalue weighted by atomic mass is 10.2. The summed E-state index contributed by atoms with van der Waals surface area (Å²) >= 11 is 1.37. The van der Waals surface area contributed by atoms with Gasteiger partial charge in [-0.1, -0.05) is 6.92 Å². The number of esters is 1.